The predicted octanol–water partition coefficient (Wildman–Crippen LogP) is 1.85. The number of thioether (sulfide) groups is 1. The van der Waals surface area contributed by atoms with Crippen molar-refractivity contribution >= 4 is 40.9 Å². The molecule has 0 saturated carbocycles. The number of rotatable bonds is 8. The van der Waals surface area contributed by atoms with Crippen LogP contribution in [0.3, 0.4) is 0 Å². The molecule has 1 amide bonds. The second-order valence-corrected chi connectivity index (χ2v) is 6.97. The third kappa shape index (κ3) is 4.79. The first-order valence-electron chi connectivity index (χ1n) is 8.54. The monoisotopic (exact) mass is 415 g/mol. The molecule has 1 aliphatic rings. The van der Waals surface area contributed by atoms with Gasteiger partial charge in [-0.1, -0.05) is 18.2 Å². The number of H-pyrrole nitrogens is 1. The van der Waals surface area contributed by atoms with Gasteiger partial charge >= 0.3 is 5.97 Å². The van der Waals surface area contributed by atoms with E-state index in [2.05, 4.69) is 20.3 Å². The number of anilines is 1. The van der Waals surface area contributed by atoms with Crippen LogP contribution in [0.15, 0.2) is 41.3 Å². The number of esters is 1. The molecule has 1 aromatic heterocycles. The number of amides is 1. The molecule has 2 aromatic rings. The van der Waals surface area contributed by atoms with E-state index in [0.717, 1.165) is 18.9 Å². The average molecular weight is 415 g/mol. The van der Waals surface area contributed by atoms with Crippen molar-refractivity contribution < 1.29 is 28.7 Å². The van der Waals surface area contributed by atoms with Crippen LogP contribution in [-0.4, -0.2) is 59.7 Å². The Kier molecular flexibility index (Phi) is 6.57. The molecule has 1 aliphatic carbocycles. The van der Waals surface area contributed by atoms with Gasteiger partial charge in [-0.25, -0.2) is 4.79 Å². The fourth-order valence-corrected chi connectivity index (χ4v) is 3.41. The van der Waals surface area contributed by atoms with E-state index >= 15 is 0 Å². The summed E-state index contributed by atoms with van der Waals surface area (Å²) in [6, 6.07) is 8.98. The first-order chi connectivity index (χ1) is 14.0. The molecule has 1 aromatic carbocycles. The van der Waals surface area contributed by atoms with Gasteiger partial charge in [-0.15, -0.1) is 11.8 Å². The molecule has 0 atom stereocenters. The van der Waals surface area contributed by atoms with Crippen LogP contribution < -0.4 is 5.32 Å². The highest BCUT2D eigenvalue weighted by atomic mass is 32.2. The Bertz CT molecular complexity index is 983. The Hall–Kier alpha value is -3.24. The van der Waals surface area contributed by atoms with E-state index in [0.29, 0.717) is 11.4 Å². The van der Waals surface area contributed by atoms with Crippen molar-refractivity contribution in [2.45, 2.75) is 0 Å². The maximum Gasteiger partial charge on any atom is 0.359 e. The zero-order valence-corrected chi connectivity index (χ0v) is 16.2. The number of hydrogen-bond donors (Lipinski definition) is 2. The highest BCUT2D eigenvalue weighted by Crippen LogP contribution is 2.29. The lowest BCUT2D eigenvalue weighted by molar-refractivity contribution is -0.120. The molecule has 29 heavy (non-hydrogen) atoms. The van der Waals surface area contributed by atoms with Crippen LogP contribution in [0.25, 0.3) is 0 Å². The van der Waals surface area contributed by atoms with E-state index in [1.807, 2.05) is 6.07 Å². The number of fused-ring (bicyclic) bond motifs is 1. The maximum atomic E-state index is 12.6. The van der Waals surface area contributed by atoms with E-state index in [4.69, 9.17) is 4.74 Å². The number of aromatic nitrogens is 2. The Labute approximate surface area is 169 Å². The lowest BCUT2D eigenvalue weighted by Gasteiger charge is -2.12. The molecule has 0 spiro atoms. The Morgan fingerprint density at radius 2 is 1.97 bits per heavy atom. The van der Waals surface area contributed by atoms with E-state index in [1.54, 1.807) is 24.3 Å². The summed E-state index contributed by atoms with van der Waals surface area (Å²) in [6.45, 7) is 0.0491. The molecule has 0 fully saturated rings. The lowest BCUT2D eigenvalue weighted by Crippen LogP contribution is -2.20. The molecule has 0 aliphatic heterocycles. The highest BCUT2D eigenvalue weighted by Gasteiger charge is 2.34. The lowest BCUT2D eigenvalue weighted by atomic mass is 9.99. The van der Waals surface area contributed by atoms with Crippen LogP contribution in [0.2, 0.25) is 0 Å². The summed E-state index contributed by atoms with van der Waals surface area (Å²) in [5.74, 6) is -1.70. The zero-order chi connectivity index (χ0) is 20.8. The fraction of sp³-hybridized carbons (Fsp3) is 0.211. The van der Waals surface area contributed by atoms with Crippen molar-refractivity contribution in [1.29, 1.82) is 0 Å². The minimum atomic E-state index is -0.803. The molecule has 0 bridgehead atoms. The van der Waals surface area contributed by atoms with Gasteiger partial charge in [-0.05, 0) is 12.1 Å². The summed E-state index contributed by atoms with van der Waals surface area (Å²) < 4.78 is 9.89. The Morgan fingerprint density at radius 1 is 1.21 bits per heavy atom. The second-order valence-electron chi connectivity index (χ2n) is 5.83. The van der Waals surface area contributed by atoms with Gasteiger partial charge in [0.1, 0.15) is 12.3 Å². The van der Waals surface area contributed by atoms with Crippen LogP contribution in [0.4, 0.5) is 5.69 Å². The quantitative estimate of drug-likeness (QED) is 0.494. The van der Waals surface area contributed by atoms with Crippen molar-refractivity contribution in [1.82, 2.24) is 10.2 Å². The predicted molar refractivity (Wildman–Crippen MR) is 105 cm³/mol. The van der Waals surface area contributed by atoms with Crippen LogP contribution in [0, 0.1) is 0 Å². The number of ketones is 2. The minimum absolute atomic E-state index is 0.0337. The number of Topliss-reactive ketones (excluding diaryl/α,β-unsaturated/α-hetero) is 1. The van der Waals surface area contributed by atoms with E-state index < -0.39 is 17.5 Å². The van der Waals surface area contributed by atoms with Crippen molar-refractivity contribution in [2.75, 3.05) is 31.4 Å². The first kappa shape index (κ1) is 20.5. The minimum Gasteiger partial charge on any atom is -0.464 e. The number of aromatic amines is 1. The standard InChI is InChI=1S/C19H17N3O6S/c1-27-19(26)17-15-16(21-22-17)12(23)9-13(18(15)25)29-8-7-28-10-14(24)20-11-5-3-2-4-6-11/h2-6,9H,7-8,10H2,1H3,(H,20,24)(H,21,22). The number of benzene rings is 1. The normalized spacial score (nSPS) is 12.9. The Morgan fingerprint density at radius 3 is 2.69 bits per heavy atom. The number of carbonyl (C=O) groups is 4. The first-order valence-corrected chi connectivity index (χ1v) is 9.52. The van der Waals surface area contributed by atoms with Gasteiger partial charge < -0.3 is 14.8 Å². The summed E-state index contributed by atoms with van der Waals surface area (Å²) in [5.41, 5.74) is 0.328. The maximum absolute atomic E-state index is 12.6. The molecule has 1 heterocycles. The number of carbonyl (C=O) groups excluding carboxylic acids is 4. The van der Waals surface area contributed by atoms with Crippen molar-refractivity contribution in [3.8, 4) is 0 Å². The number of nitrogens with one attached hydrogen (secondary N) is 2. The smallest absolute Gasteiger partial charge is 0.359 e. The van der Waals surface area contributed by atoms with Crippen molar-refractivity contribution in [2.24, 2.45) is 0 Å². The molecule has 150 valence electrons. The van der Waals surface area contributed by atoms with Gasteiger partial charge in [0.2, 0.25) is 17.5 Å². The molecular formula is C19H17N3O6S. The van der Waals surface area contributed by atoms with Gasteiger partial charge in [0.25, 0.3) is 0 Å². The van der Waals surface area contributed by atoms with Crippen molar-refractivity contribution in [3.05, 3.63) is 58.3 Å². The average Bonchev–Trinajstić information content (AvgIpc) is 3.17. The van der Waals surface area contributed by atoms with E-state index in [9.17, 15) is 19.2 Å². The highest BCUT2D eigenvalue weighted by molar-refractivity contribution is 8.04. The number of nitrogens with zero attached hydrogens (tertiary/aromatic N) is 1. The summed E-state index contributed by atoms with van der Waals surface area (Å²) in [5, 5.41) is 8.81. The topological polar surface area (TPSA) is 127 Å². The van der Waals surface area contributed by atoms with Crippen LogP contribution in [0.5, 0.6) is 0 Å². The van der Waals surface area contributed by atoms with Gasteiger partial charge in [0, 0.05) is 17.5 Å². The summed E-state index contributed by atoms with van der Waals surface area (Å²) in [4.78, 5) is 48.5. The zero-order valence-electron chi connectivity index (χ0n) is 15.4. The summed E-state index contributed by atoms with van der Waals surface area (Å²) in [6.07, 6.45) is 1.19. The molecule has 10 heteroatoms. The summed E-state index contributed by atoms with van der Waals surface area (Å²) in [7, 11) is 1.16. The van der Waals surface area contributed by atoms with Crippen LogP contribution in [-0.2, 0) is 14.3 Å². The molecule has 2 N–H and O–H groups in total. The largest absolute Gasteiger partial charge is 0.464 e. The SMILES string of the molecule is COC(=O)c1n[nH]c2c1C(=O)C(SCCOCC(=O)Nc1ccccc1)=CC2=O. The van der Waals surface area contributed by atoms with Gasteiger partial charge in [0.15, 0.2) is 5.69 Å². The third-order valence-corrected chi connectivity index (χ3v) is 4.87. The van der Waals surface area contributed by atoms with E-state index in [-0.39, 0.29) is 41.0 Å². The van der Waals surface area contributed by atoms with E-state index in [1.165, 1.54) is 6.08 Å². The van der Waals surface area contributed by atoms with Gasteiger partial charge in [0.05, 0.1) is 24.2 Å². The second kappa shape index (κ2) is 9.30. The molecule has 0 unspecified atom stereocenters. The Balaban J connectivity index is 1.49. The number of ether oxygens (including phenoxy) is 2. The molecule has 0 radical (unpaired) electrons. The number of allylic oxidation sites excluding steroid dienone is 2. The molecule has 0 saturated heterocycles. The molecular weight excluding hydrogens is 398 g/mol. The molecule has 9 nitrogen and oxygen atoms in total. The van der Waals surface area contributed by atoms with Gasteiger partial charge in [-0.3, -0.25) is 19.5 Å². The number of methoxy groups -OCH3 is 1. The van der Waals surface area contributed by atoms with Crippen LogP contribution >= 0.6 is 11.8 Å². The van der Waals surface area contributed by atoms with Gasteiger partial charge in [-0.2, -0.15) is 5.10 Å². The number of hydrogen-bond acceptors (Lipinski definition) is 8. The third-order valence-electron chi connectivity index (χ3n) is 3.88. The van der Waals surface area contributed by atoms with Crippen molar-refractivity contribution in [3.63, 3.8) is 0 Å². The summed E-state index contributed by atoms with van der Waals surface area (Å²) >= 11 is 1.10. The fourth-order valence-electron chi connectivity index (χ4n) is 2.57. The number of para-hydroxylation sites is 1. The van der Waals surface area contributed by atoms with Crippen LogP contribution in [0.1, 0.15) is 31.3 Å². The molecule has 3 rings (SSSR count).